The number of thiazole rings is 1. The number of aliphatic hydroxyl groups is 1. The maximum absolute atomic E-state index is 13.7. The summed E-state index contributed by atoms with van der Waals surface area (Å²) in [6, 6.07) is 13.3. The van der Waals surface area contributed by atoms with Crippen molar-refractivity contribution in [2.45, 2.75) is 39.8 Å². The number of anilines is 1. The van der Waals surface area contributed by atoms with Crippen LogP contribution in [0.1, 0.15) is 45.8 Å². The summed E-state index contributed by atoms with van der Waals surface area (Å²) in [4.78, 5) is 33.2. The van der Waals surface area contributed by atoms with Crippen LogP contribution in [0.2, 0.25) is 0 Å². The molecule has 0 bridgehead atoms. The van der Waals surface area contributed by atoms with Gasteiger partial charge in [-0.1, -0.05) is 18.2 Å². The molecule has 0 saturated carbocycles. The number of carbonyl (C=O) groups is 2. The van der Waals surface area contributed by atoms with Crippen molar-refractivity contribution in [3.8, 4) is 11.5 Å². The van der Waals surface area contributed by atoms with E-state index in [1.165, 1.54) is 23.3 Å². The van der Waals surface area contributed by atoms with Crippen LogP contribution in [0.15, 0.2) is 59.9 Å². The lowest BCUT2D eigenvalue weighted by molar-refractivity contribution is -0.117. The van der Waals surface area contributed by atoms with Gasteiger partial charge in [0.1, 0.15) is 11.5 Å². The van der Waals surface area contributed by atoms with Gasteiger partial charge in [0.2, 0.25) is 5.78 Å². The molecule has 176 valence electrons. The first-order valence-corrected chi connectivity index (χ1v) is 11.7. The van der Waals surface area contributed by atoms with Crippen molar-refractivity contribution < 1.29 is 24.2 Å². The molecule has 0 radical (unpaired) electrons. The third kappa shape index (κ3) is 4.28. The van der Waals surface area contributed by atoms with Gasteiger partial charge < -0.3 is 14.6 Å². The lowest BCUT2D eigenvalue weighted by Gasteiger charge is -2.27. The normalized spacial score (nSPS) is 15.9. The van der Waals surface area contributed by atoms with Crippen LogP contribution < -0.4 is 14.4 Å². The van der Waals surface area contributed by atoms with Gasteiger partial charge >= 0.3 is 0 Å². The van der Waals surface area contributed by atoms with Crippen molar-refractivity contribution >= 4 is 28.7 Å². The van der Waals surface area contributed by atoms with E-state index in [0.717, 1.165) is 5.01 Å². The number of Topliss-reactive ketones (excluding diaryl/α,β-unsaturated/α-hetero) is 1. The zero-order valence-corrected chi connectivity index (χ0v) is 20.5. The van der Waals surface area contributed by atoms with Crippen LogP contribution in [0.25, 0.3) is 0 Å². The van der Waals surface area contributed by atoms with Crippen LogP contribution in [0.5, 0.6) is 11.5 Å². The summed E-state index contributed by atoms with van der Waals surface area (Å²) in [5.74, 6) is -0.399. The summed E-state index contributed by atoms with van der Waals surface area (Å²) in [6.07, 6.45) is 0.00538. The summed E-state index contributed by atoms with van der Waals surface area (Å²) in [7, 11) is 1.54. The first kappa shape index (κ1) is 23.5. The Hall–Kier alpha value is -3.65. The molecule has 0 spiro atoms. The van der Waals surface area contributed by atoms with E-state index in [0.29, 0.717) is 33.3 Å². The highest BCUT2D eigenvalue weighted by molar-refractivity contribution is 7.14. The molecule has 0 fully saturated rings. The number of aromatic nitrogens is 1. The maximum Gasteiger partial charge on any atom is 0.294 e. The number of rotatable bonds is 7. The second-order valence-corrected chi connectivity index (χ2v) is 9.46. The van der Waals surface area contributed by atoms with Crippen LogP contribution in [-0.4, -0.2) is 35.0 Å². The highest BCUT2D eigenvalue weighted by atomic mass is 32.1. The highest BCUT2D eigenvalue weighted by Gasteiger charge is 2.45. The molecule has 2 aromatic carbocycles. The second kappa shape index (κ2) is 9.30. The average molecular weight is 479 g/mol. The van der Waals surface area contributed by atoms with Crippen molar-refractivity contribution in [3.05, 3.63) is 81.0 Å². The van der Waals surface area contributed by atoms with E-state index in [-0.39, 0.29) is 11.7 Å². The third-order valence-corrected chi connectivity index (χ3v) is 6.53. The number of methoxy groups -OCH3 is 1. The minimum Gasteiger partial charge on any atom is -0.503 e. The highest BCUT2D eigenvalue weighted by Crippen LogP contribution is 2.43. The van der Waals surface area contributed by atoms with Crippen molar-refractivity contribution in [3.63, 3.8) is 0 Å². The number of amides is 1. The number of benzene rings is 2. The van der Waals surface area contributed by atoms with Crippen LogP contribution in [-0.2, 0) is 4.79 Å². The van der Waals surface area contributed by atoms with Gasteiger partial charge in [0.05, 0.1) is 40.4 Å². The van der Waals surface area contributed by atoms with E-state index in [1.807, 2.05) is 20.8 Å². The van der Waals surface area contributed by atoms with Crippen molar-refractivity contribution in [1.82, 2.24) is 4.98 Å². The second-order valence-electron chi connectivity index (χ2n) is 8.25. The number of hydrogen-bond donors (Lipinski definition) is 1. The summed E-state index contributed by atoms with van der Waals surface area (Å²) < 4.78 is 11.1. The maximum atomic E-state index is 13.7. The Morgan fingerprint density at radius 1 is 1.12 bits per heavy atom. The zero-order valence-electron chi connectivity index (χ0n) is 19.7. The van der Waals surface area contributed by atoms with Gasteiger partial charge in [0, 0.05) is 11.8 Å². The summed E-state index contributed by atoms with van der Waals surface area (Å²) in [5, 5.41) is 11.7. The van der Waals surface area contributed by atoms with Gasteiger partial charge in [-0.05, 0) is 57.5 Å². The summed E-state index contributed by atoms with van der Waals surface area (Å²) >= 11 is 1.25. The first-order chi connectivity index (χ1) is 16.2. The van der Waals surface area contributed by atoms with E-state index in [1.54, 1.807) is 55.5 Å². The third-order valence-electron chi connectivity index (χ3n) is 5.46. The van der Waals surface area contributed by atoms with Gasteiger partial charge in [-0.15, -0.1) is 11.3 Å². The Morgan fingerprint density at radius 2 is 1.82 bits per heavy atom. The van der Waals surface area contributed by atoms with Crippen molar-refractivity contribution in [2.75, 3.05) is 12.0 Å². The Labute approximate surface area is 202 Å². The molecule has 1 unspecified atom stereocenters. The van der Waals surface area contributed by atoms with E-state index >= 15 is 0 Å². The average Bonchev–Trinajstić information content (AvgIpc) is 3.28. The number of nitrogens with zero attached hydrogens (tertiary/aromatic N) is 2. The molecule has 7 nitrogen and oxygen atoms in total. The number of ether oxygens (including phenoxy) is 2. The Morgan fingerprint density at radius 3 is 2.41 bits per heavy atom. The molecule has 2 heterocycles. The number of carbonyl (C=O) groups excluding carboxylic acids is 2. The molecule has 8 heteroatoms. The van der Waals surface area contributed by atoms with E-state index in [2.05, 4.69) is 4.98 Å². The lowest BCUT2D eigenvalue weighted by atomic mass is 9.94. The molecular weight excluding hydrogens is 452 g/mol. The fourth-order valence-electron chi connectivity index (χ4n) is 4.04. The minimum absolute atomic E-state index is 0.00538. The Bertz CT molecular complexity index is 1280. The molecule has 1 aliphatic rings. The number of hydrogen-bond acceptors (Lipinski definition) is 7. The Balaban J connectivity index is 1.85. The van der Waals surface area contributed by atoms with Gasteiger partial charge in [-0.3, -0.25) is 14.5 Å². The monoisotopic (exact) mass is 478 g/mol. The molecule has 0 aliphatic carbocycles. The van der Waals surface area contributed by atoms with Crippen molar-refractivity contribution in [1.29, 1.82) is 0 Å². The predicted octanol–water partition coefficient (Wildman–Crippen LogP) is 5.34. The molecular formula is C26H26N2O5S. The molecule has 1 aromatic heterocycles. The van der Waals surface area contributed by atoms with Crippen LogP contribution in [0, 0.1) is 13.8 Å². The molecule has 1 atom stereocenters. The SMILES string of the molecule is COc1cccc(N2C(=O)C(O)=C(C(=O)c3sc(C)nc3C)C2c2ccc(OC(C)C)cc2)c1. The molecule has 3 aromatic rings. The van der Waals surface area contributed by atoms with Crippen LogP contribution >= 0.6 is 11.3 Å². The summed E-state index contributed by atoms with van der Waals surface area (Å²) in [5.41, 5.74) is 1.76. The Kier molecular flexibility index (Phi) is 6.43. The fourth-order valence-corrected chi connectivity index (χ4v) is 4.92. The quantitative estimate of drug-likeness (QED) is 0.461. The first-order valence-electron chi connectivity index (χ1n) is 10.9. The summed E-state index contributed by atoms with van der Waals surface area (Å²) in [6.45, 7) is 7.43. The molecule has 1 aliphatic heterocycles. The smallest absolute Gasteiger partial charge is 0.294 e. The molecule has 4 rings (SSSR count). The van der Waals surface area contributed by atoms with E-state index in [9.17, 15) is 14.7 Å². The van der Waals surface area contributed by atoms with Crippen LogP contribution in [0.3, 0.4) is 0 Å². The van der Waals surface area contributed by atoms with Gasteiger partial charge in [-0.25, -0.2) is 4.98 Å². The standard InChI is InChI=1S/C26H26N2O5S/c1-14(2)33-19-11-9-17(10-12-19)22-21(23(29)25-15(3)27-16(4)34-25)24(30)26(31)28(22)18-7-6-8-20(13-18)32-5/h6-14,22,30H,1-5H3. The largest absolute Gasteiger partial charge is 0.503 e. The lowest BCUT2D eigenvalue weighted by Crippen LogP contribution is -2.31. The number of ketones is 1. The van der Waals surface area contributed by atoms with E-state index < -0.39 is 23.5 Å². The molecule has 1 amide bonds. The number of aliphatic hydroxyl groups excluding tert-OH is 1. The van der Waals surface area contributed by atoms with Gasteiger partial charge in [-0.2, -0.15) is 0 Å². The minimum atomic E-state index is -0.831. The van der Waals surface area contributed by atoms with Gasteiger partial charge in [0.25, 0.3) is 5.91 Å². The fraction of sp³-hybridized carbons (Fsp3) is 0.269. The van der Waals surface area contributed by atoms with Crippen LogP contribution in [0.4, 0.5) is 5.69 Å². The topological polar surface area (TPSA) is 89.0 Å². The van der Waals surface area contributed by atoms with E-state index in [4.69, 9.17) is 9.47 Å². The predicted molar refractivity (Wildman–Crippen MR) is 131 cm³/mol. The zero-order chi connectivity index (χ0) is 24.6. The van der Waals surface area contributed by atoms with Gasteiger partial charge in [0.15, 0.2) is 5.76 Å². The molecule has 34 heavy (non-hydrogen) atoms. The van der Waals surface area contributed by atoms with Crippen molar-refractivity contribution in [2.24, 2.45) is 0 Å². The number of aryl methyl sites for hydroxylation is 2. The molecule has 1 N–H and O–H groups in total. The molecule has 0 saturated heterocycles.